The highest BCUT2D eigenvalue weighted by atomic mass is 35.5. The maximum Gasteiger partial charge on any atom is 0.417 e. The maximum atomic E-state index is 12.9. The summed E-state index contributed by atoms with van der Waals surface area (Å²) < 4.78 is 51.4. The Morgan fingerprint density at radius 3 is 2.17 bits per heavy atom. The van der Waals surface area contributed by atoms with E-state index in [1.807, 2.05) is 0 Å². The number of benzene rings is 2. The van der Waals surface area contributed by atoms with Crippen LogP contribution in [0.4, 0.5) is 17.6 Å². The fourth-order valence-corrected chi connectivity index (χ4v) is 1.94. The lowest BCUT2D eigenvalue weighted by atomic mass is 9.99. The van der Waals surface area contributed by atoms with Gasteiger partial charge in [0.05, 0.1) is 10.6 Å². The van der Waals surface area contributed by atoms with E-state index in [-0.39, 0.29) is 16.1 Å². The topological polar surface area (TPSA) is 0 Å². The van der Waals surface area contributed by atoms with Crippen LogP contribution < -0.4 is 0 Å². The summed E-state index contributed by atoms with van der Waals surface area (Å²) in [4.78, 5) is 0. The second-order valence-electron chi connectivity index (χ2n) is 3.67. The normalized spacial score (nSPS) is 11.6. The van der Waals surface area contributed by atoms with Crippen LogP contribution in [0.3, 0.4) is 0 Å². The van der Waals surface area contributed by atoms with E-state index in [4.69, 9.17) is 11.6 Å². The summed E-state index contributed by atoms with van der Waals surface area (Å²) in [5.74, 6) is -0.590. The summed E-state index contributed by atoms with van der Waals surface area (Å²) in [5, 5.41) is -0.0494. The zero-order valence-corrected chi connectivity index (χ0v) is 9.69. The van der Waals surface area contributed by atoms with Gasteiger partial charge in [-0.2, -0.15) is 13.2 Å². The van der Waals surface area contributed by atoms with Gasteiger partial charge >= 0.3 is 6.18 Å². The van der Waals surface area contributed by atoms with Crippen molar-refractivity contribution in [1.29, 1.82) is 0 Å². The predicted octanol–water partition coefficient (Wildman–Crippen LogP) is 5.16. The van der Waals surface area contributed by atoms with Crippen LogP contribution in [0.1, 0.15) is 5.56 Å². The summed E-state index contributed by atoms with van der Waals surface area (Å²) in [6, 6.07) is 8.35. The van der Waals surface area contributed by atoms with Crippen LogP contribution in [0.5, 0.6) is 0 Å². The van der Waals surface area contributed by atoms with Gasteiger partial charge in [-0.05, 0) is 29.8 Å². The molecule has 0 N–H and O–H groups in total. The number of halogens is 5. The quantitative estimate of drug-likeness (QED) is 0.630. The molecule has 0 radical (unpaired) electrons. The minimum absolute atomic E-state index is 0.0494. The second-order valence-corrected chi connectivity index (χ2v) is 4.07. The van der Waals surface area contributed by atoms with Crippen molar-refractivity contribution in [2.24, 2.45) is 0 Å². The first-order valence-corrected chi connectivity index (χ1v) is 5.39. The molecule has 0 unspecified atom stereocenters. The molecule has 2 aromatic rings. The zero-order chi connectivity index (χ0) is 13.3. The molecule has 0 aliphatic rings. The lowest BCUT2D eigenvalue weighted by molar-refractivity contribution is -0.137. The van der Waals surface area contributed by atoms with E-state index < -0.39 is 17.6 Å². The molecular formula is C13H7ClF4. The molecule has 0 spiro atoms. The summed E-state index contributed by atoms with van der Waals surface area (Å²) in [6.07, 6.45) is -4.48. The molecule has 0 saturated heterocycles. The standard InChI is InChI=1S/C13H7ClF4/c14-12-7-8(15)5-6-10(12)9-3-1-2-4-11(9)13(16,17)18/h1-7H. The zero-order valence-electron chi connectivity index (χ0n) is 8.93. The molecule has 0 amide bonds. The van der Waals surface area contributed by atoms with Crippen molar-refractivity contribution in [3.63, 3.8) is 0 Å². The summed E-state index contributed by atoms with van der Waals surface area (Å²) >= 11 is 5.78. The minimum atomic E-state index is -4.48. The third kappa shape index (κ3) is 2.48. The molecular weight excluding hydrogens is 268 g/mol. The molecule has 0 atom stereocenters. The van der Waals surface area contributed by atoms with Crippen molar-refractivity contribution in [3.05, 3.63) is 58.9 Å². The fourth-order valence-electron chi connectivity index (χ4n) is 1.67. The van der Waals surface area contributed by atoms with Gasteiger partial charge in [0.2, 0.25) is 0 Å². The summed E-state index contributed by atoms with van der Waals surface area (Å²) in [6.45, 7) is 0. The van der Waals surface area contributed by atoms with E-state index in [0.29, 0.717) is 0 Å². The van der Waals surface area contributed by atoms with Crippen LogP contribution in [-0.4, -0.2) is 0 Å². The summed E-state index contributed by atoms with van der Waals surface area (Å²) in [5.41, 5.74) is -0.695. The van der Waals surface area contributed by atoms with E-state index in [2.05, 4.69) is 0 Å². The first-order valence-electron chi connectivity index (χ1n) is 5.01. The minimum Gasteiger partial charge on any atom is -0.207 e. The number of rotatable bonds is 1. The molecule has 0 bridgehead atoms. The monoisotopic (exact) mass is 274 g/mol. The van der Waals surface area contributed by atoms with Gasteiger partial charge in [0.15, 0.2) is 0 Å². The largest absolute Gasteiger partial charge is 0.417 e. The van der Waals surface area contributed by atoms with Crippen molar-refractivity contribution in [2.75, 3.05) is 0 Å². The molecule has 2 rings (SSSR count). The van der Waals surface area contributed by atoms with Crippen LogP contribution in [-0.2, 0) is 6.18 Å². The van der Waals surface area contributed by atoms with E-state index in [9.17, 15) is 17.6 Å². The Morgan fingerprint density at radius 2 is 1.56 bits per heavy atom. The molecule has 0 nitrogen and oxygen atoms in total. The molecule has 0 saturated carbocycles. The van der Waals surface area contributed by atoms with E-state index in [0.717, 1.165) is 18.2 Å². The van der Waals surface area contributed by atoms with Crippen LogP contribution in [0.2, 0.25) is 5.02 Å². The molecule has 0 aliphatic heterocycles. The van der Waals surface area contributed by atoms with Crippen molar-refractivity contribution < 1.29 is 17.6 Å². The Kier molecular flexibility index (Phi) is 3.30. The molecule has 18 heavy (non-hydrogen) atoms. The SMILES string of the molecule is Fc1ccc(-c2ccccc2C(F)(F)F)c(Cl)c1. The van der Waals surface area contributed by atoms with Crippen molar-refractivity contribution in [3.8, 4) is 11.1 Å². The molecule has 2 aromatic carbocycles. The highest BCUT2D eigenvalue weighted by Gasteiger charge is 2.33. The van der Waals surface area contributed by atoms with E-state index in [1.165, 1.54) is 24.3 Å². The van der Waals surface area contributed by atoms with Crippen molar-refractivity contribution >= 4 is 11.6 Å². The lowest BCUT2D eigenvalue weighted by Gasteiger charge is -2.13. The molecule has 0 heterocycles. The summed E-state index contributed by atoms with van der Waals surface area (Å²) in [7, 11) is 0. The highest BCUT2D eigenvalue weighted by Crippen LogP contribution is 2.39. The van der Waals surface area contributed by atoms with Crippen molar-refractivity contribution in [1.82, 2.24) is 0 Å². The van der Waals surface area contributed by atoms with Crippen molar-refractivity contribution in [2.45, 2.75) is 6.18 Å². The van der Waals surface area contributed by atoms with Gasteiger partial charge in [0.25, 0.3) is 0 Å². The van der Waals surface area contributed by atoms with Gasteiger partial charge in [0.1, 0.15) is 5.82 Å². The van der Waals surface area contributed by atoms with Crippen LogP contribution >= 0.6 is 11.6 Å². The average Bonchev–Trinajstić information content (AvgIpc) is 2.28. The Labute approximate surface area is 106 Å². The van der Waals surface area contributed by atoms with Crippen LogP contribution in [0.15, 0.2) is 42.5 Å². The second kappa shape index (κ2) is 4.61. The highest BCUT2D eigenvalue weighted by molar-refractivity contribution is 6.33. The Balaban J connectivity index is 2.64. The van der Waals surface area contributed by atoms with Gasteiger partial charge in [-0.25, -0.2) is 4.39 Å². The third-order valence-corrected chi connectivity index (χ3v) is 2.77. The van der Waals surface area contributed by atoms with Gasteiger partial charge in [-0.15, -0.1) is 0 Å². The van der Waals surface area contributed by atoms with Gasteiger partial charge in [-0.1, -0.05) is 29.8 Å². The molecule has 94 valence electrons. The Morgan fingerprint density at radius 1 is 0.889 bits per heavy atom. The van der Waals surface area contributed by atoms with Gasteiger partial charge in [-0.3, -0.25) is 0 Å². The average molecular weight is 275 g/mol. The fraction of sp³-hybridized carbons (Fsp3) is 0.0769. The first-order chi connectivity index (χ1) is 8.39. The predicted molar refractivity (Wildman–Crippen MR) is 61.8 cm³/mol. The van der Waals surface area contributed by atoms with Crippen LogP contribution in [0, 0.1) is 5.82 Å². The molecule has 5 heteroatoms. The van der Waals surface area contributed by atoms with Gasteiger partial charge in [0, 0.05) is 5.56 Å². The first kappa shape index (κ1) is 12.9. The van der Waals surface area contributed by atoms with Crippen LogP contribution in [0.25, 0.3) is 11.1 Å². The Hall–Kier alpha value is -1.55. The smallest absolute Gasteiger partial charge is 0.207 e. The third-order valence-electron chi connectivity index (χ3n) is 2.45. The molecule has 0 aliphatic carbocycles. The number of hydrogen-bond donors (Lipinski definition) is 0. The molecule has 0 aromatic heterocycles. The number of alkyl halides is 3. The Bertz CT molecular complexity index is 575. The maximum absolute atomic E-state index is 12.9. The number of hydrogen-bond acceptors (Lipinski definition) is 0. The lowest BCUT2D eigenvalue weighted by Crippen LogP contribution is -2.07. The van der Waals surface area contributed by atoms with E-state index in [1.54, 1.807) is 0 Å². The van der Waals surface area contributed by atoms with Gasteiger partial charge < -0.3 is 0 Å². The van der Waals surface area contributed by atoms with E-state index >= 15 is 0 Å². The molecule has 0 fully saturated rings.